The monoisotopic (exact) mass is 286 g/mol. The van der Waals surface area contributed by atoms with Gasteiger partial charge in [0.05, 0.1) is 13.7 Å². The van der Waals surface area contributed by atoms with Crippen molar-refractivity contribution in [2.45, 2.75) is 12.3 Å². The molecule has 1 nitrogen and oxygen atoms in total. The molecule has 1 N–H and O–H groups in total. The minimum absolute atomic E-state index is 0.802. The van der Waals surface area contributed by atoms with Crippen molar-refractivity contribution in [3.05, 3.63) is 59.9 Å². The predicted molar refractivity (Wildman–Crippen MR) is 72.5 cm³/mol. The zero-order valence-corrected chi connectivity index (χ0v) is 9.58. The smallest absolute Gasteiger partial charge is 0.379 e. The maximum Gasteiger partial charge on any atom is 0.418 e. The van der Waals surface area contributed by atoms with Crippen LogP contribution in [0.5, 0.6) is 0 Å². The number of rotatable bonds is 1. The number of hydrogen-bond acceptors (Lipinski definition) is 1. The number of fused-ring (bicyclic) bond motifs is 2. The minimum atomic E-state index is -5.71. The van der Waals surface area contributed by atoms with Crippen molar-refractivity contribution in [2.24, 2.45) is 0 Å². The number of alkyl halides is 3. The molecule has 0 aliphatic heterocycles. The normalized spacial score (nSPS) is 22.4. The molecule has 0 bridgehead atoms. The quantitative estimate of drug-likeness (QED) is 0.649. The van der Waals surface area contributed by atoms with E-state index in [-0.39, 0.29) is 0 Å². The van der Waals surface area contributed by atoms with Crippen LogP contribution in [0.25, 0.3) is 21.5 Å². The van der Waals surface area contributed by atoms with Crippen LogP contribution in [0.4, 0.5) is 13.2 Å². The van der Waals surface area contributed by atoms with Gasteiger partial charge >= 0.3 is 6.18 Å². The summed E-state index contributed by atoms with van der Waals surface area (Å²) in [5, 5.41) is 6.50. The lowest BCUT2D eigenvalue weighted by molar-refractivity contribution is -0.205. The molecule has 4 heteroatoms. The zero-order chi connectivity index (χ0) is 23.1. The molecule has 0 spiro atoms. The summed E-state index contributed by atoms with van der Waals surface area (Å²) in [5.74, 6) is 0. The van der Waals surface area contributed by atoms with Crippen LogP contribution < -0.4 is 0 Å². The van der Waals surface area contributed by atoms with Crippen LogP contribution in [0.1, 0.15) is 25.4 Å². The third kappa shape index (κ3) is 2.02. The first-order valence-corrected chi connectivity index (χ1v) is 5.29. The van der Waals surface area contributed by atoms with Gasteiger partial charge in [0.1, 0.15) is 0 Å². The van der Waals surface area contributed by atoms with Crippen molar-refractivity contribution in [3.63, 3.8) is 0 Å². The summed E-state index contributed by atoms with van der Waals surface area (Å²) >= 11 is 0. The lowest BCUT2D eigenvalue weighted by Gasteiger charge is -2.19. The van der Waals surface area contributed by atoms with E-state index in [1.807, 2.05) is 0 Å². The van der Waals surface area contributed by atoms with Crippen molar-refractivity contribution >= 4 is 21.5 Å². The molecule has 0 aliphatic carbocycles. The van der Waals surface area contributed by atoms with Gasteiger partial charge in [-0.3, -0.25) is 0 Å². The molecular formula is C16H11F3O. The molecule has 0 unspecified atom stereocenters. The van der Waals surface area contributed by atoms with E-state index in [9.17, 15) is 18.3 Å². The highest BCUT2D eigenvalue weighted by molar-refractivity contribution is 6.02. The van der Waals surface area contributed by atoms with Gasteiger partial charge in [0.25, 0.3) is 0 Å². The summed E-state index contributed by atoms with van der Waals surface area (Å²) in [6, 6.07) is -8.70. The van der Waals surface area contributed by atoms with E-state index in [1.54, 1.807) is 0 Å². The van der Waals surface area contributed by atoms with E-state index >= 15 is 0 Å². The van der Waals surface area contributed by atoms with Crippen molar-refractivity contribution in [2.75, 3.05) is 0 Å². The van der Waals surface area contributed by atoms with Crippen molar-refractivity contribution in [1.82, 2.24) is 0 Å². The second kappa shape index (κ2) is 4.49. The summed E-state index contributed by atoms with van der Waals surface area (Å²) in [5.41, 5.74) is -1.49. The van der Waals surface area contributed by atoms with Crippen molar-refractivity contribution in [3.8, 4) is 0 Å². The Labute approximate surface area is 127 Å². The summed E-state index contributed by atoms with van der Waals surface area (Å²) in [4.78, 5) is 0. The van der Waals surface area contributed by atoms with E-state index in [0.717, 1.165) is 0 Å². The largest absolute Gasteiger partial charge is 0.418 e. The molecule has 0 saturated carbocycles. The summed E-state index contributed by atoms with van der Waals surface area (Å²) in [6.07, 6.45) is -10.2. The second-order valence-electron chi connectivity index (χ2n) is 3.85. The van der Waals surface area contributed by atoms with Gasteiger partial charge in [-0.2, -0.15) is 13.2 Å². The van der Waals surface area contributed by atoms with E-state index in [2.05, 4.69) is 0 Å². The van der Waals surface area contributed by atoms with E-state index in [4.69, 9.17) is 13.7 Å². The van der Waals surface area contributed by atoms with E-state index < -0.39 is 93.7 Å². The van der Waals surface area contributed by atoms with Crippen molar-refractivity contribution in [1.29, 1.82) is 0 Å². The van der Waals surface area contributed by atoms with Gasteiger partial charge in [0, 0.05) is 5.56 Å². The Hall–Kier alpha value is -2.07. The molecule has 3 aromatic carbocycles. The van der Waals surface area contributed by atoms with Gasteiger partial charge in [0.2, 0.25) is 0 Å². The van der Waals surface area contributed by atoms with Crippen LogP contribution in [0.2, 0.25) is 0 Å². The second-order valence-corrected chi connectivity index (χ2v) is 3.85. The maximum atomic E-state index is 13.6. The fourth-order valence-electron chi connectivity index (χ4n) is 1.82. The summed E-state index contributed by atoms with van der Waals surface area (Å²) < 4.78 is 120. The van der Waals surface area contributed by atoms with Crippen LogP contribution in [0.3, 0.4) is 0 Å². The highest BCUT2D eigenvalue weighted by atomic mass is 19.4. The SMILES string of the molecule is [2H]c1c([2H])c([2H])c2c([C@@]([2H])(O)C(F)(F)F)c3c([2H])c([2H])c([2H])c([2H])c3c([2H])c2c1[2H]. The molecule has 0 aliphatic rings. The molecule has 0 saturated heterocycles. The zero-order valence-electron chi connectivity index (χ0n) is 19.6. The van der Waals surface area contributed by atoms with Gasteiger partial charge in [-0.15, -0.1) is 0 Å². The molecule has 102 valence electrons. The van der Waals surface area contributed by atoms with Gasteiger partial charge in [-0.05, 0) is 27.6 Å². The van der Waals surface area contributed by atoms with Crippen LogP contribution in [-0.4, -0.2) is 11.3 Å². The average molecular weight is 286 g/mol. The molecule has 0 aromatic heterocycles. The molecule has 20 heavy (non-hydrogen) atoms. The Bertz CT molecular complexity index is 1170. The number of aliphatic hydroxyl groups is 1. The van der Waals surface area contributed by atoms with Crippen LogP contribution >= 0.6 is 0 Å². The van der Waals surface area contributed by atoms with E-state index in [1.165, 1.54) is 0 Å². The molecule has 0 heterocycles. The van der Waals surface area contributed by atoms with Gasteiger partial charge < -0.3 is 5.11 Å². The molecule has 3 aromatic rings. The predicted octanol–water partition coefficient (Wildman–Crippen LogP) is 4.59. The number of hydrogen-bond donors (Lipinski definition) is 1. The third-order valence-electron chi connectivity index (χ3n) is 2.63. The molecule has 3 rings (SSSR count). The van der Waals surface area contributed by atoms with Gasteiger partial charge in [0.15, 0.2) is 6.08 Å². The van der Waals surface area contributed by atoms with Crippen LogP contribution in [-0.2, 0) is 0 Å². The lowest BCUT2D eigenvalue weighted by atomic mass is 9.93. The standard InChI is InChI=1S/C16H11F3O/c17-16(18,19)15(20)14-12-7-3-1-5-10(12)9-11-6-2-4-8-13(11)14/h1-9,15,20H/t15-/m1/s1/i1D,2D,3D,4D,5D,6D,7D,8D,9D,15D. The first-order valence-electron chi connectivity index (χ1n) is 10.3. The van der Waals surface area contributed by atoms with Crippen LogP contribution in [0, 0.1) is 0 Å². The fourth-order valence-corrected chi connectivity index (χ4v) is 1.82. The lowest BCUT2D eigenvalue weighted by Crippen LogP contribution is -2.20. The molecule has 0 amide bonds. The van der Waals surface area contributed by atoms with Crippen molar-refractivity contribution < 1.29 is 32.0 Å². The van der Waals surface area contributed by atoms with E-state index in [0.29, 0.717) is 0 Å². The summed E-state index contributed by atoms with van der Waals surface area (Å²) in [6.45, 7) is 0. The van der Waals surface area contributed by atoms with Crippen LogP contribution in [0.15, 0.2) is 54.4 Å². The number of benzene rings is 3. The highest BCUT2D eigenvalue weighted by Gasteiger charge is 2.41. The van der Waals surface area contributed by atoms with Gasteiger partial charge in [-0.1, -0.05) is 48.3 Å². The first kappa shape index (κ1) is 5.74. The Morgan fingerprint density at radius 2 is 1.40 bits per heavy atom. The molecule has 0 radical (unpaired) electrons. The Morgan fingerprint density at radius 3 is 1.85 bits per heavy atom. The highest BCUT2D eigenvalue weighted by Crippen LogP contribution is 2.40. The molecule has 0 fully saturated rings. The number of halogens is 3. The average Bonchev–Trinajstić information content (AvgIpc) is 2.65. The maximum absolute atomic E-state index is 13.6. The molecule has 1 atom stereocenters. The third-order valence-corrected chi connectivity index (χ3v) is 2.63. The summed E-state index contributed by atoms with van der Waals surface area (Å²) in [7, 11) is 0. The first-order chi connectivity index (χ1) is 13.6. The Balaban J connectivity index is 2.92. The fraction of sp³-hybridized carbons (Fsp3) is 0.125. The molecular weight excluding hydrogens is 265 g/mol. The minimum Gasteiger partial charge on any atom is -0.379 e. The van der Waals surface area contributed by atoms with Gasteiger partial charge in [-0.25, -0.2) is 0 Å². The topological polar surface area (TPSA) is 20.2 Å². The Kier molecular flexibility index (Phi) is 1.29. The Morgan fingerprint density at radius 1 is 0.950 bits per heavy atom.